The molecule has 3 nitrogen and oxygen atoms in total. The van der Waals surface area contributed by atoms with Gasteiger partial charge < -0.3 is 10.4 Å². The Morgan fingerprint density at radius 2 is 1.57 bits per heavy atom. The molecule has 2 N–H and O–H groups in total. The van der Waals surface area contributed by atoms with Crippen molar-refractivity contribution in [3.05, 3.63) is 34.9 Å². The first-order valence-corrected chi connectivity index (χ1v) is 8.30. The Morgan fingerprint density at radius 1 is 1.09 bits per heavy atom. The SMILES string of the molecule is CCCNC(=O)/C=C/c1cc(C(C)(C)C)c(O)c(C(C)(C)C)c1. The second kappa shape index (κ2) is 7.20. The molecular weight excluding hydrogens is 286 g/mol. The molecule has 1 rings (SSSR count). The van der Waals surface area contributed by atoms with Crippen LogP contribution in [0.5, 0.6) is 5.75 Å². The first kappa shape index (κ1) is 19.3. The van der Waals surface area contributed by atoms with Gasteiger partial charge in [-0.05, 0) is 41.0 Å². The average molecular weight is 317 g/mol. The van der Waals surface area contributed by atoms with Crippen LogP contribution in [0.1, 0.15) is 71.6 Å². The highest BCUT2D eigenvalue weighted by Gasteiger charge is 2.26. The van der Waals surface area contributed by atoms with E-state index >= 15 is 0 Å². The quantitative estimate of drug-likeness (QED) is 0.802. The van der Waals surface area contributed by atoms with E-state index in [4.69, 9.17) is 0 Å². The van der Waals surface area contributed by atoms with Gasteiger partial charge in [-0.15, -0.1) is 0 Å². The van der Waals surface area contributed by atoms with E-state index in [9.17, 15) is 9.90 Å². The lowest BCUT2D eigenvalue weighted by atomic mass is 9.78. The van der Waals surface area contributed by atoms with Crippen LogP contribution in [-0.2, 0) is 15.6 Å². The third-order valence-corrected chi connectivity index (χ3v) is 3.72. The van der Waals surface area contributed by atoms with Crippen molar-refractivity contribution in [2.75, 3.05) is 6.54 Å². The van der Waals surface area contributed by atoms with Gasteiger partial charge in [-0.1, -0.05) is 48.5 Å². The van der Waals surface area contributed by atoms with Crippen LogP contribution < -0.4 is 5.32 Å². The minimum Gasteiger partial charge on any atom is -0.507 e. The number of phenolic OH excluding ortho intramolecular Hbond substituents is 1. The van der Waals surface area contributed by atoms with Gasteiger partial charge in [0.05, 0.1) is 0 Å². The number of nitrogens with one attached hydrogen (secondary N) is 1. The molecule has 1 aromatic rings. The molecule has 0 heterocycles. The summed E-state index contributed by atoms with van der Waals surface area (Å²) >= 11 is 0. The third-order valence-electron chi connectivity index (χ3n) is 3.72. The molecule has 0 aliphatic rings. The molecule has 0 unspecified atom stereocenters. The second-order valence-corrected chi connectivity index (χ2v) is 8.09. The fourth-order valence-corrected chi connectivity index (χ4v) is 2.38. The van der Waals surface area contributed by atoms with Crippen molar-refractivity contribution in [3.63, 3.8) is 0 Å². The van der Waals surface area contributed by atoms with Crippen molar-refractivity contribution in [1.82, 2.24) is 5.32 Å². The summed E-state index contributed by atoms with van der Waals surface area (Å²) in [6.07, 6.45) is 4.29. The lowest BCUT2D eigenvalue weighted by Gasteiger charge is -2.27. The summed E-state index contributed by atoms with van der Waals surface area (Å²) in [4.78, 5) is 11.8. The van der Waals surface area contributed by atoms with Crippen LogP contribution in [0.4, 0.5) is 0 Å². The Hall–Kier alpha value is -1.77. The van der Waals surface area contributed by atoms with Crippen molar-refractivity contribution in [1.29, 1.82) is 0 Å². The molecule has 0 bridgehead atoms. The number of aromatic hydroxyl groups is 1. The van der Waals surface area contributed by atoms with Crippen LogP contribution >= 0.6 is 0 Å². The highest BCUT2D eigenvalue weighted by molar-refractivity contribution is 5.91. The Morgan fingerprint density at radius 3 is 1.96 bits per heavy atom. The zero-order valence-electron chi connectivity index (χ0n) is 15.6. The summed E-state index contributed by atoms with van der Waals surface area (Å²) in [5, 5.41) is 13.5. The first-order valence-electron chi connectivity index (χ1n) is 8.30. The predicted molar refractivity (Wildman–Crippen MR) is 97.8 cm³/mol. The van der Waals surface area contributed by atoms with Gasteiger partial charge in [0.2, 0.25) is 5.91 Å². The van der Waals surface area contributed by atoms with Gasteiger partial charge in [-0.25, -0.2) is 0 Å². The maximum Gasteiger partial charge on any atom is 0.243 e. The topological polar surface area (TPSA) is 49.3 Å². The number of hydrogen-bond acceptors (Lipinski definition) is 2. The van der Waals surface area contributed by atoms with E-state index in [-0.39, 0.29) is 16.7 Å². The molecule has 23 heavy (non-hydrogen) atoms. The normalized spacial score (nSPS) is 12.7. The fourth-order valence-electron chi connectivity index (χ4n) is 2.38. The Balaban J connectivity index is 3.29. The standard InChI is InChI=1S/C20H31NO2/c1-8-11-21-17(22)10-9-14-12-15(19(2,3)4)18(23)16(13-14)20(5,6)7/h9-10,12-13,23H,8,11H2,1-7H3,(H,21,22)/b10-9+. The van der Waals surface area contributed by atoms with E-state index in [1.54, 1.807) is 6.08 Å². The molecule has 128 valence electrons. The molecule has 0 aromatic heterocycles. The van der Waals surface area contributed by atoms with E-state index in [0.717, 1.165) is 23.1 Å². The lowest BCUT2D eigenvalue weighted by Crippen LogP contribution is -2.21. The Labute approximate surface area is 140 Å². The van der Waals surface area contributed by atoms with Crippen molar-refractivity contribution in [2.24, 2.45) is 0 Å². The summed E-state index contributed by atoms with van der Waals surface area (Å²) in [6, 6.07) is 3.93. The summed E-state index contributed by atoms with van der Waals surface area (Å²) in [5.74, 6) is 0.270. The lowest BCUT2D eigenvalue weighted by molar-refractivity contribution is -0.116. The van der Waals surface area contributed by atoms with Gasteiger partial charge in [0.1, 0.15) is 5.75 Å². The number of rotatable bonds is 4. The van der Waals surface area contributed by atoms with Crippen LogP contribution in [-0.4, -0.2) is 17.6 Å². The molecule has 0 aliphatic carbocycles. The van der Waals surface area contributed by atoms with E-state index in [1.807, 2.05) is 25.1 Å². The highest BCUT2D eigenvalue weighted by atomic mass is 16.3. The Bertz CT molecular complexity index is 552. The number of amides is 1. The Kier molecular flexibility index (Phi) is 6.04. The molecule has 3 heteroatoms. The minimum absolute atomic E-state index is 0.0884. The fraction of sp³-hybridized carbons (Fsp3) is 0.550. The summed E-state index contributed by atoms with van der Waals surface area (Å²) in [6.45, 7) is 15.2. The highest BCUT2D eigenvalue weighted by Crippen LogP contribution is 2.39. The maximum atomic E-state index is 11.8. The number of carbonyl (C=O) groups excluding carboxylic acids is 1. The molecule has 0 spiro atoms. The zero-order chi connectivity index (χ0) is 17.8. The third kappa shape index (κ3) is 5.42. The van der Waals surface area contributed by atoms with Crippen molar-refractivity contribution < 1.29 is 9.90 Å². The summed E-state index contributed by atoms with van der Waals surface area (Å²) < 4.78 is 0. The molecule has 0 aliphatic heterocycles. The number of carbonyl (C=O) groups is 1. The first-order chi connectivity index (χ1) is 10.5. The van der Waals surface area contributed by atoms with Crippen LogP contribution in [0, 0.1) is 0 Å². The molecule has 1 amide bonds. The number of hydrogen-bond donors (Lipinski definition) is 2. The van der Waals surface area contributed by atoms with Gasteiger partial charge >= 0.3 is 0 Å². The van der Waals surface area contributed by atoms with Gasteiger partial charge in [0.15, 0.2) is 0 Å². The molecule has 0 atom stereocenters. The summed E-state index contributed by atoms with van der Waals surface area (Å²) in [7, 11) is 0. The van der Waals surface area contributed by atoms with Crippen molar-refractivity contribution >= 4 is 12.0 Å². The maximum absolute atomic E-state index is 11.8. The molecular formula is C20H31NO2. The van der Waals surface area contributed by atoms with Gasteiger partial charge in [0, 0.05) is 23.7 Å². The van der Waals surface area contributed by atoms with Crippen molar-refractivity contribution in [2.45, 2.75) is 65.7 Å². The van der Waals surface area contributed by atoms with Crippen LogP contribution in [0.2, 0.25) is 0 Å². The van der Waals surface area contributed by atoms with Gasteiger partial charge in [-0.2, -0.15) is 0 Å². The predicted octanol–water partition coefficient (Wildman–Crippen LogP) is 4.53. The minimum atomic E-state index is -0.168. The van der Waals surface area contributed by atoms with Crippen LogP contribution in [0.3, 0.4) is 0 Å². The van der Waals surface area contributed by atoms with Gasteiger partial charge in [-0.3, -0.25) is 4.79 Å². The van der Waals surface area contributed by atoms with E-state index in [0.29, 0.717) is 12.3 Å². The van der Waals surface area contributed by atoms with Crippen molar-refractivity contribution in [3.8, 4) is 5.75 Å². The monoisotopic (exact) mass is 317 g/mol. The molecule has 1 aromatic carbocycles. The largest absolute Gasteiger partial charge is 0.507 e. The van der Waals surface area contributed by atoms with Crippen LogP contribution in [0.25, 0.3) is 6.08 Å². The van der Waals surface area contributed by atoms with E-state index in [2.05, 4.69) is 46.9 Å². The smallest absolute Gasteiger partial charge is 0.243 e. The second-order valence-electron chi connectivity index (χ2n) is 8.09. The zero-order valence-corrected chi connectivity index (χ0v) is 15.6. The van der Waals surface area contributed by atoms with Gasteiger partial charge in [0.25, 0.3) is 0 Å². The number of benzene rings is 1. The van der Waals surface area contributed by atoms with E-state index < -0.39 is 0 Å². The average Bonchev–Trinajstić information content (AvgIpc) is 2.41. The van der Waals surface area contributed by atoms with Crippen LogP contribution in [0.15, 0.2) is 18.2 Å². The molecule has 0 radical (unpaired) electrons. The van der Waals surface area contributed by atoms with E-state index in [1.165, 1.54) is 0 Å². The molecule has 0 fully saturated rings. The summed E-state index contributed by atoms with van der Waals surface area (Å²) in [5.41, 5.74) is 2.40. The number of phenols is 1. The molecule has 0 saturated heterocycles. The molecule has 0 saturated carbocycles.